The topological polar surface area (TPSA) is 49.0 Å². The largest absolute Gasteiger partial charge is 0.344 e. The summed E-state index contributed by atoms with van der Waals surface area (Å²) in [6, 6.07) is 4.02. The van der Waals surface area contributed by atoms with Crippen LogP contribution >= 0.6 is 11.3 Å². The van der Waals surface area contributed by atoms with Crippen LogP contribution in [0.1, 0.15) is 45.0 Å². The molecule has 2 aromatic rings. The standard InChI is InChI=1S/C14H17N3OS/c1-9-8-15-13(16-9)11-4-3-7-17(11)14(18)12-6-5-10(2)19-12/h5-6,8,11H,3-4,7H2,1-2H3,(H,15,16)/t11-/m0/s1. The monoisotopic (exact) mass is 275 g/mol. The quantitative estimate of drug-likeness (QED) is 0.915. The van der Waals surface area contributed by atoms with E-state index in [1.807, 2.05) is 37.1 Å². The number of amides is 1. The van der Waals surface area contributed by atoms with Gasteiger partial charge >= 0.3 is 0 Å². The second kappa shape index (κ2) is 4.81. The first-order chi connectivity index (χ1) is 9.15. The molecule has 3 rings (SSSR count). The lowest BCUT2D eigenvalue weighted by atomic mass is 10.2. The van der Waals surface area contributed by atoms with Crippen LogP contribution in [0.4, 0.5) is 0 Å². The molecule has 1 fully saturated rings. The normalized spacial score (nSPS) is 19.1. The maximum atomic E-state index is 12.5. The van der Waals surface area contributed by atoms with Crippen molar-refractivity contribution in [1.82, 2.24) is 14.9 Å². The lowest BCUT2D eigenvalue weighted by molar-refractivity contribution is 0.0735. The van der Waals surface area contributed by atoms with Crippen molar-refractivity contribution in [2.75, 3.05) is 6.54 Å². The summed E-state index contributed by atoms with van der Waals surface area (Å²) in [5, 5.41) is 0. The van der Waals surface area contributed by atoms with Crippen LogP contribution in [-0.4, -0.2) is 27.3 Å². The first-order valence-corrected chi connectivity index (χ1v) is 7.35. The van der Waals surface area contributed by atoms with Crippen molar-refractivity contribution >= 4 is 17.2 Å². The van der Waals surface area contributed by atoms with Crippen LogP contribution < -0.4 is 0 Å². The van der Waals surface area contributed by atoms with E-state index < -0.39 is 0 Å². The molecule has 0 spiro atoms. The van der Waals surface area contributed by atoms with Gasteiger partial charge in [-0.3, -0.25) is 4.79 Å². The van der Waals surface area contributed by atoms with Gasteiger partial charge in [0.15, 0.2) is 0 Å². The number of H-pyrrole nitrogens is 1. The van der Waals surface area contributed by atoms with Crippen LogP contribution in [0.5, 0.6) is 0 Å². The number of carbonyl (C=O) groups is 1. The molecule has 0 unspecified atom stereocenters. The molecule has 3 heterocycles. The molecule has 2 aromatic heterocycles. The van der Waals surface area contributed by atoms with Crippen LogP contribution in [0.3, 0.4) is 0 Å². The minimum Gasteiger partial charge on any atom is -0.344 e. The minimum atomic E-state index is 0.101. The van der Waals surface area contributed by atoms with E-state index in [1.165, 1.54) is 4.88 Å². The van der Waals surface area contributed by atoms with Crippen molar-refractivity contribution in [3.8, 4) is 0 Å². The molecule has 0 saturated carbocycles. The van der Waals surface area contributed by atoms with Gasteiger partial charge in [-0.15, -0.1) is 11.3 Å². The first kappa shape index (κ1) is 12.4. The highest BCUT2D eigenvalue weighted by Crippen LogP contribution is 2.32. The van der Waals surface area contributed by atoms with E-state index >= 15 is 0 Å². The minimum absolute atomic E-state index is 0.101. The van der Waals surface area contributed by atoms with E-state index in [4.69, 9.17) is 0 Å². The van der Waals surface area contributed by atoms with E-state index in [2.05, 4.69) is 9.97 Å². The van der Waals surface area contributed by atoms with Gasteiger partial charge in [0.2, 0.25) is 0 Å². The van der Waals surface area contributed by atoms with E-state index in [-0.39, 0.29) is 11.9 Å². The number of rotatable bonds is 2. The van der Waals surface area contributed by atoms with E-state index in [9.17, 15) is 4.79 Å². The van der Waals surface area contributed by atoms with Gasteiger partial charge in [-0.05, 0) is 38.8 Å². The number of hydrogen-bond donors (Lipinski definition) is 1. The maximum absolute atomic E-state index is 12.5. The van der Waals surface area contributed by atoms with E-state index in [1.54, 1.807) is 11.3 Å². The fourth-order valence-corrected chi connectivity index (χ4v) is 3.41. The van der Waals surface area contributed by atoms with Crippen LogP contribution in [-0.2, 0) is 0 Å². The molecule has 0 aliphatic carbocycles. The Labute approximate surface area is 116 Å². The van der Waals surface area contributed by atoms with Gasteiger partial charge < -0.3 is 9.88 Å². The SMILES string of the molecule is Cc1cnc([C@@H]2CCCN2C(=O)c2ccc(C)s2)[nH]1. The zero-order valence-electron chi connectivity index (χ0n) is 11.1. The Morgan fingerprint density at radius 1 is 1.47 bits per heavy atom. The third-order valence-electron chi connectivity index (χ3n) is 3.50. The zero-order chi connectivity index (χ0) is 13.4. The predicted octanol–water partition coefficient (Wildman–Crippen LogP) is 3.07. The summed E-state index contributed by atoms with van der Waals surface area (Å²) in [6.07, 6.45) is 3.86. The second-order valence-corrected chi connectivity index (χ2v) is 6.31. The number of imidazole rings is 1. The number of likely N-dealkylation sites (tertiary alicyclic amines) is 1. The summed E-state index contributed by atoms with van der Waals surface area (Å²) in [6.45, 7) is 4.83. The van der Waals surface area contributed by atoms with Crippen molar-refractivity contribution in [1.29, 1.82) is 0 Å². The smallest absolute Gasteiger partial charge is 0.264 e. The Morgan fingerprint density at radius 3 is 2.95 bits per heavy atom. The van der Waals surface area contributed by atoms with Crippen molar-refractivity contribution in [3.63, 3.8) is 0 Å². The van der Waals surface area contributed by atoms with Gasteiger partial charge in [-0.2, -0.15) is 0 Å². The van der Waals surface area contributed by atoms with Crippen LogP contribution in [0, 0.1) is 13.8 Å². The number of aromatic nitrogens is 2. The van der Waals surface area contributed by atoms with Gasteiger partial charge in [0.25, 0.3) is 5.91 Å². The number of aromatic amines is 1. The summed E-state index contributed by atoms with van der Waals surface area (Å²) in [5.74, 6) is 1.05. The lowest BCUT2D eigenvalue weighted by Crippen LogP contribution is -2.30. The predicted molar refractivity (Wildman–Crippen MR) is 75.4 cm³/mol. The lowest BCUT2D eigenvalue weighted by Gasteiger charge is -2.22. The van der Waals surface area contributed by atoms with Gasteiger partial charge in [-0.1, -0.05) is 0 Å². The number of hydrogen-bond acceptors (Lipinski definition) is 3. The summed E-state index contributed by atoms with van der Waals surface area (Å²) >= 11 is 1.56. The fraction of sp³-hybridized carbons (Fsp3) is 0.429. The van der Waals surface area contributed by atoms with Gasteiger partial charge in [0, 0.05) is 23.3 Å². The van der Waals surface area contributed by atoms with Gasteiger partial charge in [0.1, 0.15) is 5.82 Å². The van der Waals surface area contributed by atoms with Crippen molar-refractivity contribution in [2.24, 2.45) is 0 Å². The average Bonchev–Trinajstić information content (AvgIpc) is 3.07. The number of aryl methyl sites for hydroxylation is 2. The first-order valence-electron chi connectivity index (χ1n) is 6.54. The average molecular weight is 275 g/mol. The Balaban J connectivity index is 1.85. The highest BCUT2D eigenvalue weighted by atomic mass is 32.1. The molecule has 1 aliphatic heterocycles. The molecule has 4 nitrogen and oxygen atoms in total. The Hall–Kier alpha value is -1.62. The molecule has 19 heavy (non-hydrogen) atoms. The number of thiophene rings is 1. The zero-order valence-corrected chi connectivity index (χ0v) is 12.0. The maximum Gasteiger partial charge on any atom is 0.264 e. The van der Waals surface area contributed by atoms with E-state index in [0.717, 1.165) is 35.8 Å². The Bertz CT molecular complexity index is 601. The molecular formula is C14H17N3OS. The number of nitrogens with one attached hydrogen (secondary N) is 1. The van der Waals surface area contributed by atoms with Gasteiger partial charge in [-0.25, -0.2) is 4.98 Å². The second-order valence-electron chi connectivity index (χ2n) is 5.02. The highest BCUT2D eigenvalue weighted by Gasteiger charge is 2.32. The third-order valence-corrected chi connectivity index (χ3v) is 4.49. The summed E-state index contributed by atoms with van der Waals surface area (Å²) in [5.41, 5.74) is 1.04. The van der Waals surface area contributed by atoms with Crippen molar-refractivity contribution < 1.29 is 4.79 Å². The Kier molecular flexibility index (Phi) is 3.14. The molecule has 1 N–H and O–H groups in total. The molecule has 0 bridgehead atoms. The van der Waals surface area contributed by atoms with Crippen molar-refractivity contribution in [3.05, 3.63) is 39.6 Å². The molecule has 5 heteroatoms. The van der Waals surface area contributed by atoms with E-state index in [0.29, 0.717) is 0 Å². The fourth-order valence-electron chi connectivity index (χ4n) is 2.59. The molecule has 1 saturated heterocycles. The number of carbonyl (C=O) groups excluding carboxylic acids is 1. The van der Waals surface area contributed by atoms with Crippen molar-refractivity contribution in [2.45, 2.75) is 32.7 Å². The molecule has 1 amide bonds. The molecule has 1 atom stereocenters. The summed E-state index contributed by atoms with van der Waals surface area (Å²) in [7, 11) is 0. The van der Waals surface area contributed by atoms with Crippen LogP contribution in [0.2, 0.25) is 0 Å². The molecule has 0 radical (unpaired) electrons. The molecule has 1 aliphatic rings. The number of nitrogens with zero attached hydrogens (tertiary/aromatic N) is 2. The summed E-state index contributed by atoms with van der Waals surface area (Å²) in [4.78, 5) is 24.1. The molecular weight excluding hydrogens is 258 g/mol. The summed E-state index contributed by atoms with van der Waals surface area (Å²) < 4.78 is 0. The Morgan fingerprint density at radius 2 is 2.32 bits per heavy atom. The van der Waals surface area contributed by atoms with Gasteiger partial charge in [0.05, 0.1) is 10.9 Å². The van der Waals surface area contributed by atoms with Crippen LogP contribution in [0.25, 0.3) is 0 Å². The third kappa shape index (κ3) is 2.30. The highest BCUT2D eigenvalue weighted by molar-refractivity contribution is 7.13. The molecule has 0 aromatic carbocycles. The molecule has 100 valence electrons. The van der Waals surface area contributed by atoms with Crippen LogP contribution in [0.15, 0.2) is 18.3 Å².